The molecule has 23 heavy (non-hydrogen) atoms. The Hall–Kier alpha value is -1.81. The Balaban J connectivity index is 1.76. The Bertz CT molecular complexity index is 628. The van der Waals surface area contributed by atoms with Crippen molar-refractivity contribution >= 4 is 12.2 Å². The average molecular weight is 324 g/mol. The topological polar surface area (TPSA) is 120 Å². The predicted octanol–water partition coefficient (Wildman–Crippen LogP) is -1.39. The van der Waals surface area contributed by atoms with Gasteiger partial charge in [0.1, 0.15) is 18.3 Å². The standard InChI is InChI=1S/C14H20N4O5/c19-7-9-11(20)12(21)13(23-9)18-6-3-10(16-14(18)22)15-8-17-4-1-2-5-17/h3,6,8-9,11-13,19-21H,1-2,4-5,7H2/t9-,11-,12+,13-/m1/s1. The lowest BCUT2D eigenvalue weighted by atomic mass is 10.1. The first-order valence-electron chi connectivity index (χ1n) is 7.60. The molecule has 2 saturated heterocycles. The molecule has 9 heteroatoms. The largest absolute Gasteiger partial charge is 0.394 e. The maximum absolute atomic E-state index is 12.1. The van der Waals surface area contributed by atoms with E-state index in [0.717, 1.165) is 30.5 Å². The number of aliphatic hydroxyl groups excluding tert-OH is 3. The molecule has 0 saturated carbocycles. The lowest BCUT2D eigenvalue weighted by Crippen LogP contribution is -2.35. The van der Waals surface area contributed by atoms with Gasteiger partial charge >= 0.3 is 5.69 Å². The van der Waals surface area contributed by atoms with E-state index in [0.29, 0.717) is 0 Å². The summed E-state index contributed by atoms with van der Waals surface area (Å²) in [4.78, 5) is 22.2. The first-order chi connectivity index (χ1) is 11.1. The molecule has 2 aliphatic heterocycles. The van der Waals surface area contributed by atoms with E-state index in [1.807, 2.05) is 0 Å². The van der Waals surface area contributed by atoms with Gasteiger partial charge in [-0.2, -0.15) is 4.98 Å². The summed E-state index contributed by atoms with van der Waals surface area (Å²) < 4.78 is 6.39. The van der Waals surface area contributed by atoms with Crippen LogP contribution < -0.4 is 5.69 Å². The molecule has 0 amide bonds. The number of aliphatic hydroxyl groups is 3. The van der Waals surface area contributed by atoms with Gasteiger partial charge in [0.2, 0.25) is 0 Å². The molecule has 3 heterocycles. The van der Waals surface area contributed by atoms with Gasteiger partial charge < -0.3 is 25.0 Å². The van der Waals surface area contributed by atoms with Crippen molar-refractivity contribution in [3.05, 3.63) is 22.7 Å². The van der Waals surface area contributed by atoms with Crippen molar-refractivity contribution in [2.24, 2.45) is 4.99 Å². The van der Waals surface area contributed by atoms with Crippen LogP contribution >= 0.6 is 0 Å². The highest BCUT2D eigenvalue weighted by Crippen LogP contribution is 2.28. The highest BCUT2D eigenvalue weighted by atomic mass is 16.6. The minimum atomic E-state index is -1.31. The third-order valence-corrected chi connectivity index (χ3v) is 4.10. The molecule has 1 aromatic heterocycles. The van der Waals surface area contributed by atoms with Crippen LogP contribution in [0.15, 0.2) is 22.1 Å². The molecule has 1 aromatic rings. The van der Waals surface area contributed by atoms with Crippen LogP contribution in [0.3, 0.4) is 0 Å². The molecule has 0 bridgehead atoms. The molecule has 126 valence electrons. The fourth-order valence-corrected chi connectivity index (χ4v) is 2.78. The lowest BCUT2D eigenvalue weighted by Gasteiger charge is -2.16. The number of aliphatic imine (C=N–C) groups is 1. The second kappa shape index (κ2) is 6.75. The van der Waals surface area contributed by atoms with Crippen LogP contribution in [-0.4, -0.2) is 74.1 Å². The van der Waals surface area contributed by atoms with Gasteiger partial charge in [0, 0.05) is 19.3 Å². The molecule has 0 aromatic carbocycles. The Morgan fingerprint density at radius 1 is 1.35 bits per heavy atom. The number of ether oxygens (including phenoxy) is 1. The van der Waals surface area contributed by atoms with Crippen LogP contribution in [0.25, 0.3) is 0 Å². The third kappa shape index (κ3) is 3.27. The Labute approximate surface area is 132 Å². The van der Waals surface area contributed by atoms with Gasteiger partial charge in [-0.15, -0.1) is 0 Å². The molecular formula is C14H20N4O5. The van der Waals surface area contributed by atoms with Gasteiger partial charge in [-0.1, -0.05) is 0 Å². The zero-order valence-electron chi connectivity index (χ0n) is 12.5. The number of aromatic nitrogens is 2. The zero-order valence-corrected chi connectivity index (χ0v) is 12.5. The first kappa shape index (κ1) is 16.1. The van der Waals surface area contributed by atoms with Crippen molar-refractivity contribution in [2.75, 3.05) is 19.7 Å². The molecule has 0 aliphatic carbocycles. The summed E-state index contributed by atoms with van der Waals surface area (Å²) in [6.07, 6.45) is 0.750. The molecular weight excluding hydrogens is 304 g/mol. The predicted molar refractivity (Wildman–Crippen MR) is 80.5 cm³/mol. The second-order valence-electron chi connectivity index (χ2n) is 5.69. The number of rotatable bonds is 4. The Kier molecular flexibility index (Phi) is 4.71. The second-order valence-corrected chi connectivity index (χ2v) is 5.69. The monoisotopic (exact) mass is 324 g/mol. The number of likely N-dealkylation sites (tertiary alicyclic amines) is 1. The maximum atomic E-state index is 12.1. The smallest absolute Gasteiger partial charge is 0.351 e. The van der Waals surface area contributed by atoms with E-state index in [1.54, 1.807) is 6.34 Å². The lowest BCUT2D eigenvalue weighted by molar-refractivity contribution is -0.0549. The van der Waals surface area contributed by atoms with E-state index in [-0.39, 0.29) is 5.82 Å². The highest BCUT2D eigenvalue weighted by molar-refractivity contribution is 5.59. The van der Waals surface area contributed by atoms with Crippen LogP contribution in [0.5, 0.6) is 0 Å². The summed E-state index contributed by atoms with van der Waals surface area (Å²) in [5.74, 6) is 0.268. The van der Waals surface area contributed by atoms with E-state index < -0.39 is 36.8 Å². The number of hydrogen-bond acceptors (Lipinski definition) is 7. The summed E-state index contributed by atoms with van der Waals surface area (Å²) in [6, 6.07) is 1.53. The minimum absolute atomic E-state index is 0.268. The minimum Gasteiger partial charge on any atom is -0.394 e. The summed E-state index contributed by atoms with van der Waals surface area (Å²) in [5, 5.41) is 28.8. The van der Waals surface area contributed by atoms with E-state index >= 15 is 0 Å². The van der Waals surface area contributed by atoms with Gasteiger partial charge in [-0.3, -0.25) is 4.57 Å². The van der Waals surface area contributed by atoms with E-state index in [2.05, 4.69) is 14.9 Å². The SMILES string of the molecule is O=c1nc(N=CN2CCCC2)ccn1[C@@H]1O[C@H](CO)[C@@H](O)[C@@H]1O. The van der Waals surface area contributed by atoms with Gasteiger partial charge in [0.05, 0.1) is 12.9 Å². The fourth-order valence-electron chi connectivity index (χ4n) is 2.78. The third-order valence-electron chi connectivity index (χ3n) is 4.10. The summed E-state index contributed by atoms with van der Waals surface area (Å²) in [7, 11) is 0. The van der Waals surface area contributed by atoms with E-state index in [1.165, 1.54) is 12.3 Å². The quantitative estimate of drug-likeness (QED) is 0.460. The van der Waals surface area contributed by atoms with Crippen molar-refractivity contribution in [3.8, 4) is 0 Å². The van der Waals surface area contributed by atoms with Crippen LogP contribution in [0.2, 0.25) is 0 Å². The fraction of sp³-hybridized carbons (Fsp3) is 0.643. The Morgan fingerprint density at radius 3 is 2.70 bits per heavy atom. The average Bonchev–Trinajstić information content (AvgIpc) is 3.16. The Morgan fingerprint density at radius 2 is 2.09 bits per heavy atom. The van der Waals surface area contributed by atoms with Crippen molar-refractivity contribution in [1.29, 1.82) is 0 Å². The number of nitrogens with zero attached hydrogens (tertiary/aromatic N) is 4. The van der Waals surface area contributed by atoms with Crippen LogP contribution in [0.4, 0.5) is 5.82 Å². The van der Waals surface area contributed by atoms with Crippen molar-refractivity contribution in [3.63, 3.8) is 0 Å². The van der Waals surface area contributed by atoms with E-state index in [4.69, 9.17) is 9.84 Å². The summed E-state index contributed by atoms with van der Waals surface area (Å²) in [5.41, 5.74) is -0.643. The molecule has 2 fully saturated rings. The van der Waals surface area contributed by atoms with Gasteiger partial charge in [-0.05, 0) is 18.9 Å². The molecule has 4 atom stereocenters. The molecule has 0 spiro atoms. The highest BCUT2D eigenvalue weighted by Gasteiger charge is 2.43. The van der Waals surface area contributed by atoms with Gasteiger partial charge in [-0.25, -0.2) is 9.79 Å². The molecule has 0 radical (unpaired) electrons. The van der Waals surface area contributed by atoms with Crippen LogP contribution in [0.1, 0.15) is 19.1 Å². The van der Waals surface area contributed by atoms with E-state index in [9.17, 15) is 15.0 Å². The number of hydrogen-bond donors (Lipinski definition) is 3. The maximum Gasteiger partial charge on any atom is 0.351 e. The van der Waals surface area contributed by atoms with Gasteiger partial charge in [0.25, 0.3) is 0 Å². The van der Waals surface area contributed by atoms with Gasteiger partial charge in [0.15, 0.2) is 12.0 Å². The molecule has 9 nitrogen and oxygen atoms in total. The van der Waals surface area contributed by atoms with Crippen molar-refractivity contribution in [1.82, 2.24) is 14.5 Å². The zero-order chi connectivity index (χ0) is 16.4. The first-order valence-corrected chi connectivity index (χ1v) is 7.60. The summed E-state index contributed by atoms with van der Waals surface area (Å²) >= 11 is 0. The molecule has 3 rings (SSSR count). The normalized spacial score (nSPS) is 31.3. The van der Waals surface area contributed by atoms with Crippen molar-refractivity contribution in [2.45, 2.75) is 37.4 Å². The van der Waals surface area contributed by atoms with Crippen LogP contribution in [-0.2, 0) is 4.74 Å². The summed E-state index contributed by atoms with van der Waals surface area (Å²) in [6.45, 7) is 1.45. The molecule has 2 aliphatic rings. The van der Waals surface area contributed by atoms with Crippen LogP contribution in [0, 0.1) is 0 Å². The van der Waals surface area contributed by atoms with Crippen molar-refractivity contribution < 1.29 is 20.1 Å². The molecule has 3 N–H and O–H groups in total. The molecule has 0 unspecified atom stereocenters.